The molecule has 0 aromatic heterocycles. The molecule has 1 N–H and O–H groups in total. The molecule has 4 heteroatoms. The van der Waals surface area contributed by atoms with E-state index in [4.69, 9.17) is 11.6 Å². The molecule has 0 aliphatic carbocycles. The van der Waals surface area contributed by atoms with Gasteiger partial charge in [-0.2, -0.15) is 0 Å². The van der Waals surface area contributed by atoms with Gasteiger partial charge in [-0.05, 0) is 23.6 Å². The van der Waals surface area contributed by atoms with E-state index in [1.165, 1.54) is 6.07 Å². The van der Waals surface area contributed by atoms with Crippen LogP contribution in [0.3, 0.4) is 0 Å². The van der Waals surface area contributed by atoms with E-state index in [2.05, 4.69) is 18.7 Å². The standard InChI is InChI=1S/C18H21ClFNO/c1-13(2)10-21(11-14-6-3-4-8-16(14)20)12-15-7-5-9-17(22)18(15)19/h3-9,13,22H,10-12H2,1-2H3. The van der Waals surface area contributed by atoms with Crippen LogP contribution >= 0.6 is 11.6 Å². The number of nitrogens with zero attached hydrogens (tertiary/aromatic N) is 1. The first-order chi connectivity index (χ1) is 10.5. The highest BCUT2D eigenvalue weighted by molar-refractivity contribution is 6.32. The van der Waals surface area contributed by atoms with Crippen molar-refractivity contribution < 1.29 is 9.50 Å². The van der Waals surface area contributed by atoms with Crippen molar-refractivity contribution in [2.24, 2.45) is 5.92 Å². The van der Waals surface area contributed by atoms with E-state index in [1.54, 1.807) is 24.3 Å². The van der Waals surface area contributed by atoms with E-state index < -0.39 is 0 Å². The molecule has 0 heterocycles. The third-order valence-corrected chi connectivity index (χ3v) is 3.86. The molecule has 2 aromatic carbocycles. The Morgan fingerprint density at radius 1 is 1.05 bits per heavy atom. The fraction of sp³-hybridized carbons (Fsp3) is 0.333. The Balaban J connectivity index is 2.19. The average molecular weight is 322 g/mol. The molecule has 0 aliphatic heterocycles. The first-order valence-electron chi connectivity index (χ1n) is 7.39. The highest BCUT2D eigenvalue weighted by atomic mass is 35.5. The highest BCUT2D eigenvalue weighted by Crippen LogP contribution is 2.28. The van der Waals surface area contributed by atoms with E-state index in [0.29, 0.717) is 29.6 Å². The molecular formula is C18H21ClFNO. The summed E-state index contributed by atoms with van der Waals surface area (Å²) >= 11 is 6.16. The van der Waals surface area contributed by atoms with Crippen LogP contribution in [0.4, 0.5) is 4.39 Å². The van der Waals surface area contributed by atoms with Gasteiger partial charge in [-0.25, -0.2) is 4.39 Å². The van der Waals surface area contributed by atoms with Crippen LogP contribution < -0.4 is 0 Å². The summed E-state index contributed by atoms with van der Waals surface area (Å²) < 4.78 is 13.9. The third-order valence-electron chi connectivity index (χ3n) is 3.43. The Kier molecular flexibility index (Phi) is 5.81. The molecule has 0 atom stereocenters. The van der Waals surface area contributed by atoms with Gasteiger partial charge >= 0.3 is 0 Å². The second-order valence-electron chi connectivity index (χ2n) is 5.91. The van der Waals surface area contributed by atoms with E-state index in [0.717, 1.165) is 12.1 Å². The van der Waals surface area contributed by atoms with Crippen LogP contribution in [0.1, 0.15) is 25.0 Å². The SMILES string of the molecule is CC(C)CN(Cc1ccccc1F)Cc1cccc(O)c1Cl. The monoisotopic (exact) mass is 321 g/mol. The molecular weight excluding hydrogens is 301 g/mol. The number of benzene rings is 2. The maximum atomic E-state index is 13.9. The summed E-state index contributed by atoms with van der Waals surface area (Å²) in [5, 5.41) is 10.1. The largest absolute Gasteiger partial charge is 0.506 e. The van der Waals surface area contributed by atoms with E-state index in [-0.39, 0.29) is 11.6 Å². The lowest BCUT2D eigenvalue weighted by Gasteiger charge is -2.25. The lowest BCUT2D eigenvalue weighted by molar-refractivity contribution is 0.224. The molecule has 2 aromatic rings. The summed E-state index contributed by atoms with van der Waals surface area (Å²) in [6.45, 7) is 6.15. The lowest BCUT2D eigenvalue weighted by Crippen LogP contribution is -2.27. The van der Waals surface area contributed by atoms with Crippen molar-refractivity contribution >= 4 is 11.6 Å². The first-order valence-corrected chi connectivity index (χ1v) is 7.77. The van der Waals surface area contributed by atoms with Crippen LogP contribution in [-0.4, -0.2) is 16.6 Å². The second kappa shape index (κ2) is 7.61. The van der Waals surface area contributed by atoms with Gasteiger partial charge in [0.1, 0.15) is 11.6 Å². The van der Waals surface area contributed by atoms with Gasteiger partial charge in [0.15, 0.2) is 0 Å². The van der Waals surface area contributed by atoms with Gasteiger partial charge in [0, 0.05) is 25.2 Å². The van der Waals surface area contributed by atoms with Crippen molar-refractivity contribution in [1.82, 2.24) is 4.90 Å². The molecule has 0 amide bonds. The zero-order valence-electron chi connectivity index (χ0n) is 12.9. The van der Waals surface area contributed by atoms with Crippen LogP contribution in [-0.2, 0) is 13.1 Å². The van der Waals surface area contributed by atoms with Gasteiger partial charge in [-0.3, -0.25) is 4.90 Å². The predicted octanol–water partition coefficient (Wildman–Crippen LogP) is 4.84. The van der Waals surface area contributed by atoms with E-state index in [1.807, 2.05) is 12.1 Å². The molecule has 2 nitrogen and oxygen atoms in total. The van der Waals surface area contributed by atoms with Crippen molar-refractivity contribution in [3.63, 3.8) is 0 Å². The van der Waals surface area contributed by atoms with Crippen LogP contribution in [0.5, 0.6) is 5.75 Å². The Hall–Kier alpha value is -1.58. The van der Waals surface area contributed by atoms with Gasteiger partial charge in [0.25, 0.3) is 0 Å². The van der Waals surface area contributed by atoms with Crippen LogP contribution in [0, 0.1) is 11.7 Å². The summed E-state index contributed by atoms with van der Waals surface area (Å²) in [6.07, 6.45) is 0. The minimum atomic E-state index is -0.196. The number of hydrogen-bond acceptors (Lipinski definition) is 2. The number of phenols is 1. The van der Waals surface area contributed by atoms with Gasteiger partial charge in [0.2, 0.25) is 0 Å². The molecule has 0 bridgehead atoms. The first kappa shape index (κ1) is 16.8. The van der Waals surface area contributed by atoms with Crippen molar-refractivity contribution in [3.05, 3.63) is 64.4 Å². The Bertz CT molecular complexity index is 630. The van der Waals surface area contributed by atoms with Gasteiger partial charge in [0.05, 0.1) is 5.02 Å². The lowest BCUT2D eigenvalue weighted by atomic mass is 10.1. The molecule has 22 heavy (non-hydrogen) atoms. The third kappa shape index (κ3) is 4.46. The number of hydrogen-bond donors (Lipinski definition) is 1. The Morgan fingerprint density at radius 3 is 2.36 bits per heavy atom. The van der Waals surface area contributed by atoms with Gasteiger partial charge in [-0.1, -0.05) is 55.8 Å². The molecule has 2 rings (SSSR count). The second-order valence-corrected chi connectivity index (χ2v) is 6.28. The molecule has 0 saturated carbocycles. The minimum absolute atomic E-state index is 0.0783. The quantitative estimate of drug-likeness (QED) is 0.822. The number of rotatable bonds is 6. The smallest absolute Gasteiger partial charge is 0.134 e. The molecule has 0 unspecified atom stereocenters. The zero-order chi connectivity index (χ0) is 16.1. The molecule has 118 valence electrons. The predicted molar refractivity (Wildman–Crippen MR) is 88.5 cm³/mol. The molecule has 0 radical (unpaired) electrons. The van der Waals surface area contributed by atoms with Crippen molar-refractivity contribution in [1.29, 1.82) is 0 Å². The summed E-state index contributed by atoms with van der Waals surface area (Å²) in [5.41, 5.74) is 1.51. The van der Waals surface area contributed by atoms with Crippen LogP contribution in [0.15, 0.2) is 42.5 Å². The maximum Gasteiger partial charge on any atom is 0.134 e. The zero-order valence-corrected chi connectivity index (χ0v) is 13.6. The molecule has 0 aliphatic rings. The fourth-order valence-corrected chi connectivity index (χ4v) is 2.68. The number of halogens is 2. The van der Waals surface area contributed by atoms with Gasteiger partial charge < -0.3 is 5.11 Å². The topological polar surface area (TPSA) is 23.5 Å². The summed E-state index contributed by atoms with van der Waals surface area (Å²) in [6, 6.07) is 12.0. The summed E-state index contributed by atoms with van der Waals surface area (Å²) in [4.78, 5) is 2.14. The van der Waals surface area contributed by atoms with Crippen molar-refractivity contribution in [2.45, 2.75) is 26.9 Å². The minimum Gasteiger partial charge on any atom is -0.506 e. The Morgan fingerprint density at radius 2 is 1.68 bits per heavy atom. The normalized spacial score (nSPS) is 11.4. The maximum absolute atomic E-state index is 13.9. The number of phenolic OH excluding ortho intramolecular Hbond substituents is 1. The van der Waals surface area contributed by atoms with E-state index >= 15 is 0 Å². The Labute approximate surface area is 136 Å². The highest BCUT2D eigenvalue weighted by Gasteiger charge is 2.14. The van der Waals surface area contributed by atoms with Crippen molar-refractivity contribution in [3.8, 4) is 5.75 Å². The fourth-order valence-electron chi connectivity index (χ4n) is 2.50. The van der Waals surface area contributed by atoms with Gasteiger partial charge in [-0.15, -0.1) is 0 Å². The summed E-state index contributed by atoms with van der Waals surface area (Å²) in [5.74, 6) is 0.329. The molecule has 0 fully saturated rings. The molecule has 0 spiro atoms. The summed E-state index contributed by atoms with van der Waals surface area (Å²) in [7, 11) is 0. The van der Waals surface area contributed by atoms with Crippen LogP contribution in [0.2, 0.25) is 5.02 Å². The molecule has 0 saturated heterocycles. The average Bonchev–Trinajstić information content (AvgIpc) is 2.45. The van der Waals surface area contributed by atoms with Crippen molar-refractivity contribution in [2.75, 3.05) is 6.54 Å². The number of aromatic hydroxyl groups is 1. The van der Waals surface area contributed by atoms with E-state index in [9.17, 15) is 9.50 Å². The van der Waals surface area contributed by atoms with Crippen LogP contribution in [0.25, 0.3) is 0 Å².